The lowest BCUT2D eigenvalue weighted by Crippen LogP contribution is -2.53. The number of hydrogen-bond acceptors (Lipinski definition) is 6. The number of methoxy groups -OCH3 is 1. The van der Waals surface area contributed by atoms with Crippen LogP contribution in [0.4, 0.5) is 0 Å². The molecule has 10 heteroatoms. The van der Waals surface area contributed by atoms with E-state index < -0.39 is 28.1 Å². The smallest absolute Gasteiger partial charge is 0.309 e. The molecule has 9 nitrogen and oxygen atoms in total. The van der Waals surface area contributed by atoms with Gasteiger partial charge in [0.15, 0.2) is 0 Å². The van der Waals surface area contributed by atoms with E-state index in [9.17, 15) is 18.0 Å². The highest BCUT2D eigenvalue weighted by Crippen LogP contribution is 2.25. The Hall–Kier alpha value is -2.95. The second-order valence-corrected chi connectivity index (χ2v) is 9.66. The van der Waals surface area contributed by atoms with Gasteiger partial charge in [0.2, 0.25) is 10.0 Å². The first-order valence-corrected chi connectivity index (χ1v) is 12.1. The summed E-state index contributed by atoms with van der Waals surface area (Å²) in [6.07, 6.45) is -0.362. The predicted molar refractivity (Wildman–Crippen MR) is 122 cm³/mol. The van der Waals surface area contributed by atoms with E-state index in [1.165, 1.54) is 4.31 Å². The number of ether oxygens (including phenoxy) is 2. The topological polar surface area (TPSA) is 114 Å². The van der Waals surface area contributed by atoms with Crippen LogP contribution in [0.2, 0.25) is 0 Å². The molecule has 0 spiro atoms. The van der Waals surface area contributed by atoms with Crippen LogP contribution < -0.4 is 15.4 Å². The SMILES string of the molecule is COc1ccc(CNC(=O)C(=O)NC[C@H]2OCCCN2S(=O)(=O)c2cc(C)ccc2C)cc1. The maximum Gasteiger partial charge on any atom is 0.309 e. The number of sulfonamides is 1. The Morgan fingerprint density at radius 3 is 2.48 bits per heavy atom. The summed E-state index contributed by atoms with van der Waals surface area (Å²) >= 11 is 0. The van der Waals surface area contributed by atoms with Crippen LogP contribution >= 0.6 is 0 Å². The van der Waals surface area contributed by atoms with E-state index in [-0.39, 0.29) is 24.5 Å². The maximum absolute atomic E-state index is 13.3. The Kier molecular flexibility index (Phi) is 8.06. The van der Waals surface area contributed by atoms with Crippen molar-refractivity contribution < 1.29 is 27.5 Å². The van der Waals surface area contributed by atoms with Gasteiger partial charge >= 0.3 is 11.8 Å². The zero-order valence-electron chi connectivity index (χ0n) is 19.0. The van der Waals surface area contributed by atoms with Crippen LogP contribution in [0.1, 0.15) is 23.1 Å². The molecule has 2 aromatic rings. The Labute approximate surface area is 194 Å². The number of aryl methyl sites for hydroxylation is 2. The Morgan fingerprint density at radius 1 is 1.09 bits per heavy atom. The third-order valence-corrected chi connectivity index (χ3v) is 7.37. The van der Waals surface area contributed by atoms with Crippen molar-refractivity contribution in [1.82, 2.24) is 14.9 Å². The summed E-state index contributed by atoms with van der Waals surface area (Å²) in [5.41, 5.74) is 2.26. The van der Waals surface area contributed by atoms with Crippen molar-refractivity contribution in [1.29, 1.82) is 0 Å². The Morgan fingerprint density at radius 2 is 1.79 bits per heavy atom. The zero-order chi connectivity index (χ0) is 24.0. The number of nitrogens with one attached hydrogen (secondary N) is 2. The second-order valence-electron chi connectivity index (χ2n) is 7.80. The standard InChI is InChI=1S/C23H29N3O6S/c1-16-5-6-17(2)20(13-16)33(29,30)26-11-4-12-32-21(26)15-25-23(28)22(27)24-14-18-7-9-19(31-3)10-8-18/h5-10,13,21H,4,11-12,14-15H2,1-3H3,(H,24,27)(H,25,28)/t21-/m1/s1. The van der Waals surface area contributed by atoms with Gasteiger partial charge in [-0.05, 0) is 55.2 Å². The number of amides is 2. The van der Waals surface area contributed by atoms with Crippen molar-refractivity contribution in [3.8, 4) is 5.75 Å². The maximum atomic E-state index is 13.3. The molecule has 2 N–H and O–H groups in total. The molecule has 2 amide bonds. The summed E-state index contributed by atoms with van der Waals surface area (Å²) in [5, 5.41) is 5.02. The van der Waals surface area contributed by atoms with Crippen LogP contribution in [0, 0.1) is 13.8 Å². The first-order chi connectivity index (χ1) is 15.7. The molecule has 0 unspecified atom stereocenters. The second kappa shape index (κ2) is 10.8. The van der Waals surface area contributed by atoms with Gasteiger partial charge in [0.25, 0.3) is 0 Å². The highest BCUT2D eigenvalue weighted by Gasteiger charge is 2.35. The van der Waals surface area contributed by atoms with E-state index in [1.54, 1.807) is 50.4 Å². The number of rotatable bonds is 7. The van der Waals surface area contributed by atoms with Gasteiger partial charge in [-0.1, -0.05) is 24.3 Å². The van der Waals surface area contributed by atoms with Gasteiger partial charge in [0, 0.05) is 13.1 Å². The quantitative estimate of drug-likeness (QED) is 0.587. The lowest BCUT2D eigenvalue weighted by Gasteiger charge is -2.35. The fraction of sp³-hybridized carbons (Fsp3) is 0.391. The normalized spacial score (nSPS) is 16.8. The minimum atomic E-state index is -3.84. The molecule has 0 aliphatic carbocycles. The average Bonchev–Trinajstić information content (AvgIpc) is 2.82. The van der Waals surface area contributed by atoms with Gasteiger partial charge in [-0.3, -0.25) is 9.59 Å². The molecule has 0 bridgehead atoms. The third kappa shape index (κ3) is 6.10. The summed E-state index contributed by atoms with van der Waals surface area (Å²) in [6, 6.07) is 12.3. The molecule has 1 heterocycles. The molecular weight excluding hydrogens is 446 g/mol. The van der Waals surface area contributed by atoms with E-state index in [2.05, 4.69) is 10.6 Å². The minimum Gasteiger partial charge on any atom is -0.497 e. The van der Waals surface area contributed by atoms with E-state index in [0.29, 0.717) is 24.3 Å². The van der Waals surface area contributed by atoms with Gasteiger partial charge in [-0.2, -0.15) is 4.31 Å². The molecule has 33 heavy (non-hydrogen) atoms. The lowest BCUT2D eigenvalue weighted by atomic mass is 10.2. The van der Waals surface area contributed by atoms with Crippen molar-refractivity contribution in [2.45, 2.75) is 37.9 Å². The Bertz CT molecular complexity index is 1100. The van der Waals surface area contributed by atoms with Crippen molar-refractivity contribution >= 4 is 21.8 Å². The van der Waals surface area contributed by atoms with E-state index in [1.807, 2.05) is 13.0 Å². The fourth-order valence-corrected chi connectivity index (χ4v) is 5.36. The summed E-state index contributed by atoms with van der Waals surface area (Å²) in [5.74, 6) is -0.983. The molecule has 1 fully saturated rings. The van der Waals surface area contributed by atoms with Crippen molar-refractivity contribution in [3.05, 3.63) is 59.2 Å². The van der Waals surface area contributed by atoms with E-state index in [0.717, 1.165) is 11.1 Å². The predicted octanol–water partition coefficient (Wildman–Crippen LogP) is 1.48. The molecule has 1 aliphatic heterocycles. The molecule has 0 aromatic heterocycles. The summed E-state index contributed by atoms with van der Waals surface area (Å²) in [6.45, 7) is 4.22. The number of nitrogens with zero attached hydrogens (tertiary/aromatic N) is 1. The van der Waals surface area contributed by atoms with Gasteiger partial charge in [-0.25, -0.2) is 8.42 Å². The molecule has 1 aliphatic rings. The largest absolute Gasteiger partial charge is 0.497 e. The molecule has 178 valence electrons. The fourth-order valence-electron chi connectivity index (χ4n) is 3.48. The van der Waals surface area contributed by atoms with Crippen LogP contribution in [0.5, 0.6) is 5.75 Å². The van der Waals surface area contributed by atoms with Crippen LogP contribution in [0.15, 0.2) is 47.4 Å². The van der Waals surface area contributed by atoms with Gasteiger partial charge < -0.3 is 20.1 Å². The molecule has 1 atom stereocenters. The van der Waals surface area contributed by atoms with Crippen LogP contribution in [0.25, 0.3) is 0 Å². The van der Waals surface area contributed by atoms with Gasteiger partial charge in [0.1, 0.15) is 12.0 Å². The van der Waals surface area contributed by atoms with Gasteiger partial charge in [-0.15, -0.1) is 0 Å². The third-order valence-electron chi connectivity index (χ3n) is 5.34. The number of carbonyl (C=O) groups excluding carboxylic acids is 2. The summed E-state index contributed by atoms with van der Waals surface area (Å²) < 4.78 is 38.6. The van der Waals surface area contributed by atoms with Crippen molar-refractivity contribution in [3.63, 3.8) is 0 Å². The molecule has 1 saturated heterocycles. The van der Waals surface area contributed by atoms with E-state index in [4.69, 9.17) is 9.47 Å². The van der Waals surface area contributed by atoms with E-state index >= 15 is 0 Å². The number of carbonyl (C=O) groups is 2. The monoisotopic (exact) mass is 475 g/mol. The summed E-state index contributed by atoms with van der Waals surface area (Å²) in [7, 11) is -2.28. The first-order valence-electron chi connectivity index (χ1n) is 10.6. The molecule has 2 aromatic carbocycles. The van der Waals surface area contributed by atoms with Gasteiger partial charge in [0.05, 0.1) is 25.2 Å². The Balaban J connectivity index is 1.60. The van der Waals surface area contributed by atoms with Crippen molar-refractivity contribution in [2.75, 3.05) is 26.8 Å². The highest BCUT2D eigenvalue weighted by molar-refractivity contribution is 7.89. The molecule has 0 radical (unpaired) electrons. The van der Waals surface area contributed by atoms with Crippen LogP contribution in [-0.4, -0.2) is 57.6 Å². The minimum absolute atomic E-state index is 0.140. The highest BCUT2D eigenvalue weighted by atomic mass is 32.2. The molecular formula is C23H29N3O6S. The van der Waals surface area contributed by atoms with Crippen LogP contribution in [0.3, 0.4) is 0 Å². The molecule has 3 rings (SSSR count). The number of benzene rings is 2. The number of hydrogen-bond donors (Lipinski definition) is 2. The molecule has 0 saturated carbocycles. The zero-order valence-corrected chi connectivity index (χ0v) is 19.8. The summed E-state index contributed by atoms with van der Waals surface area (Å²) in [4.78, 5) is 24.6. The lowest BCUT2D eigenvalue weighted by molar-refractivity contribution is -0.140. The average molecular weight is 476 g/mol. The van der Waals surface area contributed by atoms with Crippen molar-refractivity contribution in [2.24, 2.45) is 0 Å². The first kappa shape index (κ1) is 24.7. The van der Waals surface area contributed by atoms with Crippen LogP contribution in [-0.2, 0) is 30.9 Å².